The molecule has 1 unspecified atom stereocenters. The van der Waals surface area contributed by atoms with Crippen molar-refractivity contribution in [3.8, 4) is 22.8 Å². The zero-order valence-electron chi connectivity index (χ0n) is 23.4. The molecule has 4 aromatic rings. The Balaban J connectivity index is 1.61. The summed E-state index contributed by atoms with van der Waals surface area (Å²) in [7, 11) is 3.04. The first-order valence-corrected chi connectivity index (χ1v) is 14.0. The third kappa shape index (κ3) is 6.06. The minimum absolute atomic E-state index is 0.304. The third-order valence-corrected chi connectivity index (χ3v) is 7.68. The van der Waals surface area contributed by atoms with E-state index in [1.54, 1.807) is 18.3 Å². The van der Waals surface area contributed by atoms with Crippen molar-refractivity contribution in [2.75, 3.05) is 49.9 Å². The van der Waals surface area contributed by atoms with Gasteiger partial charge in [-0.1, -0.05) is 41.9 Å². The van der Waals surface area contributed by atoms with Gasteiger partial charge in [0.05, 0.1) is 47.9 Å². The van der Waals surface area contributed by atoms with Gasteiger partial charge in [0, 0.05) is 42.3 Å². The lowest BCUT2D eigenvalue weighted by Gasteiger charge is -2.18. The summed E-state index contributed by atoms with van der Waals surface area (Å²) >= 11 is 13.5. The van der Waals surface area contributed by atoms with E-state index in [0.29, 0.717) is 85.9 Å². The van der Waals surface area contributed by atoms with Gasteiger partial charge in [-0.25, -0.2) is 15.0 Å². The van der Waals surface area contributed by atoms with Crippen LogP contribution >= 0.6 is 23.2 Å². The van der Waals surface area contributed by atoms with Crippen molar-refractivity contribution in [1.29, 1.82) is 0 Å². The molecule has 0 bridgehead atoms. The molecule has 1 saturated heterocycles. The number of amides is 1. The highest BCUT2D eigenvalue weighted by molar-refractivity contribution is 6.41. The number of hydrogen-bond acceptors (Lipinski definition) is 9. The minimum Gasteiger partial charge on any atom is -0.495 e. The van der Waals surface area contributed by atoms with Crippen LogP contribution in [0, 0.1) is 12.8 Å². The molecule has 10 nitrogen and oxygen atoms in total. The lowest BCUT2D eigenvalue weighted by molar-refractivity contribution is -0.111. The lowest BCUT2D eigenvalue weighted by Crippen LogP contribution is -2.15. The summed E-state index contributed by atoms with van der Waals surface area (Å²) in [5.74, 6) is 1.66. The van der Waals surface area contributed by atoms with Crippen molar-refractivity contribution in [2.24, 2.45) is 5.92 Å². The Kier molecular flexibility index (Phi) is 8.96. The van der Waals surface area contributed by atoms with E-state index in [2.05, 4.69) is 27.5 Å². The van der Waals surface area contributed by atoms with Crippen molar-refractivity contribution < 1.29 is 19.0 Å². The lowest BCUT2D eigenvalue weighted by atomic mass is 10.1. The number of para-hydroxylation sites is 1. The van der Waals surface area contributed by atoms with Gasteiger partial charge in [-0.15, -0.1) is 0 Å². The maximum absolute atomic E-state index is 12.0. The number of methoxy groups -OCH3 is 2. The molecule has 1 aliphatic heterocycles. The van der Waals surface area contributed by atoms with Gasteiger partial charge in [0.2, 0.25) is 11.9 Å². The molecular weight excluding hydrogens is 579 g/mol. The average Bonchev–Trinajstić information content (AvgIpc) is 3.52. The molecule has 3 N–H and O–H groups in total. The number of anilines is 4. The van der Waals surface area contributed by atoms with Gasteiger partial charge in [-0.05, 0) is 37.1 Å². The maximum Gasteiger partial charge on any atom is 0.247 e. The van der Waals surface area contributed by atoms with Gasteiger partial charge in [-0.2, -0.15) is 0 Å². The normalized spacial score (nSPS) is 14.5. The molecule has 218 valence electrons. The van der Waals surface area contributed by atoms with E-state index in [4.69, 9.17) is 47.4 Å². The smallest absolute Gasteiger partial charge is 0.247 e. The molecule has 1 amide bonds. The highest BCUT2D eigenvalue weighted by Crippen LogP contribution is 2.46. The second-order valence-electron chi connectivity index (χ2n) is 9.70. The Morgan fingerprint density at radius 2 is 1.93 bits per heavy atom. The summed E-state index contributed by atoms with van der Waals surface area (Å²) in [6.45, 7) is 7.49. The van der Waals surface area contributed by atoms with Gasteiger partial charge < -0.3 is 30.2 Å². The highest BCUT2D eigenvalue weighted by atomic mass is 35.5. The van der Waals surface area contributed by atoms with Crippen LogP contribution in [-0.4, -0.2) is 54.8 Å². The van der Waals surface area contributed by atoms with E-state index in [1.165, 1.54) is 20.3 Å². The first-order chi connectivity index (χ1) is 20.3. The van der Waals surface area contributed by atoms with E-state index >= 15 is 0 Å². The standard InChI is InChI=1S/C30H30Cl2N6O4/c1-5-23(39)35-19-8-6-7-16(2)27(19)37-30-34-14-18-11-20(24-25(31)21(40-3)12-22(41-4)26(24)32)36-29(28(18)38-30)33-13-17-9-10-42-15-17/h5-8,11-12,14,17H,1,9-10,13,15H2,2-4H3,(H,33,36)(H,35,39)(H,34,37,38). The zero-order valence-corrected chi connectivity index (χ0v) is 24.9. The molecular formula is C30H30Cl2N6O4. The number of ether oxygens (including phenoxy) is 3. The van der Waals surface area contributed by atoms with Gasteiger partial charge >= 0.3 is 0 Å². The van der Waals surface area contributed by atoms with Crippen LogP contribution in [0.1, 0.15) is 12.0 Å². The van der Waals surface area contributed by atoms with Crippen LogP contribution < -0.4 is 25.4 Å². The molecule has 0 spiro atoms. The van der Waals surface area contributed by atoms with E-state index < -0.39 is 0 Å². The topological polar surface area (TPSA) is 120 Å². The number of halogens is 2. The van der Waals surface area contributed by atoms with Crippen LogP contribution in [0.25, 0.3) is 22.2 Å². The number of aryl methyl sites for hydroxylation is 1. The Bertz CT molecular complexity index is 1630. The fraction of sp³-hybridized carbons (Fsp3) is 0.267. The Labute approximate surface area is 253 Å². The summed E-state index contributed by atoms with van der Waals surface area (Å²) in [5, 5.41) is 10.8. The van der Waals surface area contributed by atoms with Crippen LogP contribution in [0.4, 0.5) is 23.1 Å². The second kappa shape index (κ2) is 12.8. The molecule has 0 saturated carbocycles. The molecule has 2 aromatic heterocycles. The molecule has 0 aliphatic carbocycles. The van der Waals surface area contributed by atoms with Gasteiger partial charge in [0.15, 0.2) is 5.82 Å². The fourth-order valence-electron chi connectivity index (χ4n) is 4.68. The van der Waals surface area contributed by atoms with Gasteiger partial charge in [0.25, 0.3) is 0 Å². The number of nitrogens with one attached hydrogen (secondary N) is 3. The molecule has 0 radical (unpaired) electrons. The maximum atomic E-state index is 12.0. The number of pyridine rings is 1. The van der Waals surface area contributed by atoms with Gasteiger partial charge in [-0.3, -0.25) is 4.79 Å². The minimum atomic E-state index is -0.325. The molecule has 3 heterocycles. The van der Waals surface area contributed by atoms with Crippen molar-refractivity contribution >= 4 is 63.2 Å². The van der Waals surface area contributed by atoms with Crippen molar-refractivity contribution in [3.05, 3.63) is 64.8 Å². The van der Waals surface area contributed by atoms with Crippen LogP contribution in [-0.2, 0) is 9.53 Å². The van der Waals surface area contributed by atoms with E-state index in [0.717, 1.165) is 18.6 Å². The summed E-state index contributed by atoms with van der Waals surface area (Å²) in [5.41, 5.74) is 3.68. The largest absolute Gasteiger partial charge is 0.495 e. The first-order valence-electron chi connectivity index (χ1n) is 13.2. The molecule has 5 rings (SSSR count). The summed E-state index contributed by atoms with van der Waals surface area (Å²) in [6.07, 6.45) is 3.86. The predicted octanol–water partition coefficient (Wildman–Crippen LogP) is 6.64. The summed E-state index contributed by atoms with van der Waals surface area (Å²) < 4.78 is 16.5. The number of carbonyl (C=O) groups excluding carboxylic acids is 1. The average molecular weight is 610 g/mol. The van der Waals surface area contributed by atoms with Crippen molar-refractivity contribution in [2.45, 2.75) is 13.3 Å². The van der Waals surface area contributed by atoms with Crippen LogP contribution in [0.3, 0.4) is 0 Å². The van der Waals surface area contributed by atoms with Crippen LogP contribution in [0.2, 0.25) is 10.0 Å². The fourth-order valence-corrected chi connectivity index (χ4v) is 5.37. The number of hydrogen-bond donors (Lipinski definition) is 3. The zero-order chi connectivity index (χ0) is 29.8. The highest BCUT2D eigenvalue weighted by Gasteiger charge is 2.23. The summed E-state index contributed by atoms with van der Waals surface area (Å²) in [6, 6.07) is 9.02. The molecule has 1 aliphatic rings. The monoisotopic (exact) mass is 608 g/mol. The quantitative estimate of drug-likeness (QED) is 0.170. The number of carbonyl (C=O) groups is 1. The number of aromatic nitrogens is 3. The molecule has 12 heteroatoms. The Hall–Kier alpha value is -4.12. The predicted molar refractivity (Wildman–Crippen MR) is 167 cm³/mol. The van der Waals surface area contributed by atoms with Gasteiger partial charge in [0.1, 0.15) is 17.0 Å². The molecule has 1 atom stereocenters. The number of fused-ring (bicyclic) bond motifs is 1. The molecule has 42 heavy (non-hydrogen) atoms. The van der Waals surface area contributed by atoms with E-state index in [9.17, 15) is 4.79 Å². The molecule has 2 aromatic carbocycles. The van der Waals surface area contributed by atoms with E-state index in [-0.39, 0.29) is 5.91 Å². The Morgan fingerprint density at radius 1 is 1.17 bits per heavy atom. The first kappa shape index (κ1) is 29.4. The second-order valence-corrected chi connectivity index (χ2v) is 10.5. The van der Waals surface area contributed by atoms with Crippen LogP contribution in [0.5, 0.6) is 11.5 Å². The Morgan fingerprint density at radius 3 is 2.60 bits per heavy atom. The summed E-state index contributed by atoms with van der Waals surface area (Å²) in [4.78, 5) is 26.3. The molecule has 1 fully saturated rings. The van der Waals surface area contributed by atoms with Crippen molar-refractivity contribution in [1.82, 2.24) is 15.0 Å². The van der Waals surface area contributed by atoms with E-state index in [1.807, 2.05) is 25.1 Å². The number of rotatable bonds is 10. The van der Waals surface area contributed by atoms with Crippen molar-refractivity contribution in [3.63, 3.8) is 0 Å². The SMILES string of the molecule is C=CC(=O)Nc1cccc(C)c1Nc1ncc2cc(-c3c(Cl)c(OC)cc(OC)c3Cl)nc(NCC3CCOC3)c2n1. The third-order valence-electron chi connectivity index (χ3n) is 6.93. The number of nitrogens with zero attached hydrogens (tertiary/aromatic N) is 3. The number of benzene rings is 2. The van der Waals surface area contributed by atoms with Crippen LogP contribution in [0.15, 0.2) is 49.2 Å².